The molecule has 3 atom stereocenters. The second kappa shape index (κ2) is 5.56. The summed E-state index contributed by atoms with van der Waals surface area (Å²) >= 11 is 0. The van der Waals surface area contributed by atoms with Crippen molar-refractivity contribution in [3.8, 4) is 0 Å². The first-order valence-corrected chi connectivity index (χ1v) is 7.68. The van der Waals surface area contributed by atoms with Crippen molar-refractivity contribution < 1.29 is 9.90 Å². The van der Waals surface area contributed by atoms with Gasteiger partial charge in [-0.2, -0.15) is 5.10 Å². The molecule has 1 aliphatic heterocycles. The molecule has 2 heterocycles. The number of hydrogen-bond acceptors (Lipinski definition) is 3. The molecule has 0 amide bonds. The second-order valence-electron chi connectivity index (χ2n) is 6.11. The molecule has 1 aromatic heterocycles. The van der Waals surface area contributed by atoms with Crippen LogP contribution in [-0.4, -0.2) is 38.3 Å². The Morgan fingerprint density at radius 1 is 1.50 bits per heavy atom. The summed E-state index contributed by atoms with van der Waals surface area (Å²) in [7, 11) is 0. The van der Waals surface area contributed by atoms with Crippen LogP contribution >= 0.6 is 0 Å². The average molecular weight is 277 g/mol. The maximum Gasteiger partial charge on any atom is 0.321 e. The minimum atomic E-state index is -0.652. The summed E-state index contributed by atoms with van der Waals surface area (Å²) in [5, 5.41) is 13.9. The molecule has 1 aliphatic carbocycles. The first-order valence-electron chi connectivity index (χ1n) is 7.68. The highest BCUT2D eigenvalue weighted by atomic mass is 16.4. The van der Waals surface area contributed by atoms with E-state index in [0.29, 0.717) is 18.4 Å². The Morgan fingerprint density at radius 2 is 2.35 bits per heavy atom. The van der Waals surface area contributed by atoms with Gasteiger partial charge in [-0.3, -0.25) is 14.4 Å². The number of aromatic nitrogens is 2. The van der Waals surface area contributed by atoms with E-state index >= 15 is 0 Å². The highest BCUT2D eigenvalue weighted by Gasteiger charge is 2.47. The monoisotopic (exact) mass is 277 g/mol. The number of carboxylic acids is 1. The van der Waals surface area contributed by atoms with Crippen molar-refractivity contribution in [2.24, 2.45) is 11.8 Å². The smallest absolute Gasteiger partial charge is 0.321 e. The molecule has 5 nitrogen and oxygen atoms in total. The molecule has 5 heteroatoms. The molecule has 3 unspecified atom stereocenters. The lowest BCUT2D eigenvalue weighted by Gasteiger charge is -2.24. The third-order valence-corrected chi connectivity index (χ3v) is 4.84. The van der Waals surface area contributed by atoms with Gasteiger partial charge in [-0.25, -0.2) is 0 Å². The van der Waals surface area contributed by atoms with E-state index in [-0.39, 0.29) is 6.04 Å². The third kappa shape index (κ3) is 2.35. The van der Waals surface area contributed by atoms with Gasteiger partial charge >= 0.3 is 5.97 Å². The molecule has 20 heavy (non-hydrogen) atoms. The quantitative estimate of drug-likeness (QED) is 0.894. The van der Waals surface area contributed by atoms with Gasteiger partial charge in [-0.1, -0.05) is 13.3 Å². The third-order valence-electron chi connectivity index (χ3n) is 4.84. The van der Waals surface area contributed by atoms with E-state index < -0.39 is 5.97 Å². The summed E-state index contributed by atoms with van der Waals surface area (Å²) in [6, 6.07) is 1.72. The van der Waals surface area contributed by atoms with E-state index in [1.54, 1.807) is 0 Å². The number of hydrogen-bond donors (Lipinski definition) is 1. The largest absolute Gasteiger partial charge is 0.480 e. The van der Waals surface area contributed by atoms with Crippen LogP contribution in [0.25, 0.3) is 0 Å². The predicted molar refractivity (Wildman–Crippen MR) is 75.2 cm³/mol. The van der Waals surface area contributed by atoms with Gasteiger partial charge in [0, 0.05) is 25.8 Å². The van der Waals surface area contributed by atoms with Crippen LogP contribution in [0.2, 0.25) is 0 Å². The van der Waals surface area contributed by atoms with Crippen LogP contribution in [0, 0.1) is 11.8 Å². The van der Waals surface area contributed by atoms with Crippen LogP contribution < -0.4 is 0 Å². The van der Waals surface area contributed by atoms with Crippen molar-refractivity contribution in [1.82, 2.24) is 14.7 Å². The SMILES string of the molecule is CCCn1nccc1CN1CC2CCCC2C1C(=O)O. The maximum atomic E-state index is 11.6. The Balaban J connectivity index is 1.76. The number of aryl methyl sites for hydroxylation is 1. The Labute approximate surface area is 119 Å². The molecule has 3 rings (SSSR count). The minimum absolute atomic E-state index is 0.299. The van der Waals surface area contributed by atoms with Crippen molar-refractivity contribution in [3.05, 3.63) is 18.0 Å². The molecule has 110 valence electrons. The summed E-state index contributed by atoms with van der Waals surface area (Å²) in [6.45, 7) is 4.68. The molecule has 1 aromatic rings. The van der Waals surface area contributed by atoms with Crippen molar-refractivity contribution >= 4 is 5.97 Å². The summed E-state index contributed by atoms with van der Waals surface area (Å²) in [4.78, 5) is 13.8. The lowest BCUT2D eigenvalue weighted by atomic mass is 9.94. The molecule has 0 aromatic carbocycles. The number of carboxylic acid groups (broad SMARTS) is 1. The fourth-order valence-corrected chi connectivity index (χ4v) is 4.01. The van der Waals surface area contributed by atoms with E-state index in [9.17, 15) is 9.90 Å². The Bertz CT molecular complexity index is 485. The van der Waals surface area contributed by atoms with E-state index in [1.807, 2.05) is 16.9 Å². The highest BCUT2D eigenvalue weighted by Crippen LogP contribution is 2.42. The van der Waals surface area contributed by atoms with Crippen molar-refractivity contribution in [2.75, 3.05) is 6.54 Å². The summed E-state index contributed by atoms with van der Waals surface area (Å²) in [6.07, 6.45) is 6.33. The number of aliphatic carboxylic acids is 1. The van der Waals surface area contributed by atoms with Crippen LogP contribution in [0.4, 0.5) is 0 Å². The Hall–Kier alpha value is -1.36. The normalized spacial score (nSPS) is 29.8. The highest BCUT2D eigenvalue weighted by molar-refractivity contribution is 5.74. The lowest BCUT2D eigenvalue weighted by molar-refractivity contribution is -0.143. The zero-order valence-electron chi connectivity index (χ0n) is 12.0. The Kier molecular flexibility index (Phi) is 3.78. The van der Waals surface area contributed by atoms with Crippen LogP contribution in [0.15, 0.2) is 12.3 Å². The average Bonchev–Trinajstić information content (AvgIpc) is 3.06. The van der Waals surface area contributed by atoms with Crippen molar-refractivity contribution in [1.29, 1.82) is 0 Å². The van der Waals surface area contributed by atoms with Gasteiger partial charge in [0.15, 0.2) is 0 Å². The molecular formula is C15H23N3O2. The molecule has 0 radical (unpaired) electrons. The van der Waals surface area contributed by atoms with E-state index in [4.69, 9.17) is 0 Å². The van der Waals surface area contributed by atoms with E-state index in [1.165, 1.54) is 12.8 Å². The predicted octanol–water partition coefficient (Wildman–Crippen LogP) is 1.98. The summed E-state index contributed by atoms with van der Waals surface area (Å²) in [5.74, 6) is 0.287. The van der Waals surface area contributed by atoms with Crippen LogP contribution in [-0.2, 0) is 17.9 Å². The Morgan fingerprint density at radius 3 is 3.10 bits per heavy atom. The van der Waals surface area contributed by atoms with E-state index in [2.05, 4.69) is 16.9 Å². The first-order chi connectivity index (χ1) is 9.70. The van der Waals surface area contributed by atoms with Gasteiger partial charge < -0.3 is 5.11 Å². The van der Waals surface area contributed by atoms with Gasteiger partial charge in [0.05, 0.1) is 5.69 Å². The molecule has 0 spiro atoms. The fourth-order valence-electron chi connectivity index (χ4n) is 4.01. The maximum absolute atomic E-state index is 11.6. The standard InChI is InChI=1S/C15H23N3O2/c1-2-8-18-12(6-7-16-18)10-17-9-11-4-3-5-13(11)14(17)15(19)20/h6-7,11,13-14H,2-5,8-10H2,1H3,(H,19,20). The zero-order chi connectivity index (χ0) is 14.1. The van der Waals surface area contributed by atoms with Gasteiger partial charge in [0.2, 0.25) is 0 Å². The lowest BCUT2D eigenvalue weighted by Crippen LogP contribution is -2.39. The molecular weight excluding hydrogens is 254 g/mol. The van der Waals surface area contributed by atoms with E-state index in [0.717, 1.165) is 31.6 Å². The molecule has 1 saturated carbocycles. The number of carbonyl (C=O) groups is 1. The molecule has 2 aliphatic rings. The van der Waals surface area contributed by atoms with Crippen LogP contribution in [0.1, 0.15) is 38.3 Å². The number of nitrogens with zero attached hydrogens (tertiary/aromatic N) is 3. The van der Waals surface area contributed by atoms with Gasteiger partial charge in [-0.05, 0) is 37.2 Å². The van der Waals surface area contributed by atoms with Crippen LogP contribution in [0.3, 0.4) is 0 Å². The summed E-state index contributed by atoms with van der Waals surface area (Å²) in [5.41, 5.74) is 1.14. The zero-order valence-corrected chi connectivity index (χ0v) is 12.0. The number of likely N-dealkylation sites (tertiary alicyclic amines) is 1. The topological polar surface area (TPSA) is 58.4 Å². The van der Waals surface area contributed by atoms with Gasteiger partial charge in [-0.15, -0.1) is 0 Å². The molecule has 2 fully saturated rings. The number of fused-ring (bicyclic) bond motifs is 1. The van der Waals surface area contributed by atoms with Crippen molar-refractivity contribution in [2.45, 2.75) is 51.7 Å². The first kappa shape index (κ1) is 13.6. The van der Waals surface area contributed by atoms with Crippen LogP contribution in [0.5, 0.6) is 0 Å². The fraction of sp³-hybridized carbons (Fsp3) is 0.733. The molecule has 1 N–H and O–H groups in total. The molecule has 0 bridgehead atoms. The minimum Gasteiger partial charge on any atom is -0.480 e. The number of rotatable bonds is 5. The van der Waals surface area contributed by atoms with Crippen molar-refractivity contribution in [3.63, 3.8) is 0 Å². The molecule has 1 saturated heterocycles. The van der Waals surface area contributed by atoms with Gasteiger partial charge in [0.1, 0.15) is 6.04 Å². The summed E-state index contributed by atoms with van der Waals surface area (Å²) < 4.78 is 2.01. The van der Waals surface area contributed by atoms with Gasteiger partial charge in [0.25, 0.3) is 0 Å². The second-order valence-corrected chi connectivity index (χ2v) is 6.11.